The molecule has 260 valence electrons. The molecule has 0 heterocycles. The Labute approximate surface area is 296 Å². The van der Waals surface area contributed by atoms with Crippen molar-refractivity contribution in [2.45, 2.75) is 43.9 Å². The van der Waals surface area contributed by atoms with Gasteiger partial charge in [0.1, 0.15) is 46.0 Å². The first-order valence-corrected chi connectivity index (χ1v) is 16.5. The van der Waals surface area contributed by atoms with Crippen molar-refractivity contribution in [2.75, 3.05) is 0 Å². The van der Waals surface area contributed by atoms with Crippen molar-refractivity contribution >= 4 is 0 Å². The van der Waals surface area contributed by atoms with Crippen molar-refractivity contribution < 1.29 is 40.9 Å². The third kappa shape index (κ3) is 6.56. The maximum Gasteiger partial charge on any atom is 0.123 e. The molecular weight excluding hydrogens is 644 g/mol. The van der Waals surface area contributed by atoms with E-state index in [0.29, 0.717) is 28.7 Å². The van der Waals surface area contributed by atoms with Gasteiger partial charge in [-0.15, -0.1) is 0 Å². The van der Waals surface area contributed by atoms with Gasteiger partial charge in [0.05, 0.1) is 0 Å². The van der Waals surface area contributed by atoms with E-state index in [9.17, 15) is 40.9 Å². The van der Waals surface area contributed by atoms with E-state index in [4.69, 9.17) is 0 Å². The lowest BCUT2D eigenvalue weighted by Crippen LogP contribution is -2.26. The number of phenolic OH excluding ortho intramolecular Hbond substituents is 8. The van der Waals surface area contributed by atoms with E-state index in [1.165, 1.54) is 48.5 Å². The van der Waals surface area contributed by atoms with E-state index in [0.717, 1.165) is 22.3 Å². The summed E-state index contributed by atoms with van der Waals surface area (Å²) in [5, 5.41) is 83.5. The number of hydrogen-bond acceptors (Lipinski definition) is 8. The normalized spacial score (nSPS) is 11.9. The molecule has 0 saturated carbocycles. The molecule has 8 nitrogen and oxygen atoms in total. The number of benzene rings is 6. The van der Waals surface area contributed by atoms with Crippen molar-refractivity contribution in [3.63, 3.8) is 0 Å². The van der Waals surface area contributed by atoms with E-state index < -0.39 is 16.7 Å². The number of rotatable bonds is 9. The zero-order chi connectivity index (χ0) is 36.7. The smallest absolute Gasteiger partial charge is 0.123 e. The molecule has 0 bridgehead atoms. The molecule has 51 heavy (non-hydrogen) atoms. The molecule has 8 N–H and O–H groups in total. The summed E-state index contributed by atoms with van der Waals surface area (Å²) in [5.74, 6) is -1.39. The van der Waals surface area contributed by atoms with Crippen LogP contribution in [-0.2, 0) is 17.3 Å². The SMILES string of the molecule is CC(C)(c1ccc(C(C)(c2ccc(O)cc2O)c2ccc(O)cc2O)cc1)c1cccc(CC(c2ccc(O)cc2O)c2ccc(O)cc2O)c1. The number of hydrogen-bond donors (Lipinski definition) is 8. The average molecular weight is 685 g/mol. The van der Waals surface area contributed by atoms with Gasteiger partial charge < -0.3 is 40.9 Å². The van der Waals surface area contributed by atoms with E-state index in [-0.39, 0.29) is 46.0 Å². The molecule has 0 aliphatic carbocycles. The van der Waals surface area contributed by atoms with E-state index in [2.05, 4.69) is 19.9 Å². The largest absolute Gasteiger partial charge is 0.508 e. The van der Waals surface area contributed by atoms with Crippen molar-refractivity contribution in [3.8, 4) is 46.0 Å². The van der Waals surface area contributed by atoms with Crippen LogP contribution < -0.4 is 0 Å². The molecule has 0 saturated heterocycles. The first kappa shape index (κ1) is 34.6. The first-order chi connectivity index (χ1) is 24.2. The summed E-state index contributed by atoms with van der Waals surface area (Å²) in [6.07, 6.45) is 0.393. The third-order valence-electron chi connectivity index (χ3n) is 10.1. The Morgan fingerprint density at radius 3 is 1.31 bits per heavy atom. The van der Waals surface area contributed by atoms with Gasteiger partial charge >= 0.3 is 0 Å². The highest BCUT2D eigenvalue weighted by Gasteiger charge is 2.37. The predicted octanol–water partition coefficient (Wildman–Crippen LogP) is 8.39. The molecule has 8 heteroatoms. The standard InChI is InChI=1S/C43H40O8/c1-42(2,26-7-9-27(10-8-26)43(3,36-17-13-31(46)23-40(36)50)37-18-14-32(47)24-41(37)51)28-6-4-5-25(19-28)20-35(33-15-11-29(44)21-38(33)48)34-16-12-30(45)22-39(34)49/h4-19,21-24,35,44-51H,20H2,1-3H3. The summed E-state index contributed by atoms with van der Waals surface area (Å²) in [6.45, 7) is 6.07. The van der Waals surface area contributed by atoms with Gasteiger partial charge in [-0.1, -0.05) is 86.6 Å². The molecule has 0 aliphatic heterocycles. The number of aromatic hydroxyl groups is 8. The lowest BCUT2D eigenvalue weighted by atomic mass is 9.69. The highest BCUT2D eigenvalue weighted by atomic mass is 16.3. The molecule has 6 rings (SSSR count). The molecule has 0 aliphatic rings. The fraction of sp³-hybridized carbons (Fsp3) is 0.163. The second-order valence-electron chi connectivity index (χ2n) is 13.7. The first-order valence-electron chi connectivity index (χ1n) is 16.5. The van der Waals surface area contributed by atoms with Crippen LogP contribution in [0.5, 0.6) is 46.0 Å². The Morgan fingerprint density at radius 2 is 0.863 bits per heavy atom. The van der Waals surface area contributed by atoms with Crippen LogP contribution in [0.2, 0.25) is 0 Å². The van der Waals surface area contributed by atoms with Gasteiger partial charge in [-0.3, -0.25) is 0 Å². The minimum atomic E-state index is -1.08. The molecule has 6 aromatic carbocycles. The zero-order valence-corrected chi connectivity index (χ0v) is 28.4. The van der Waals surface area contributed by atoms with Gasteiger partial charge in [0.25, 0.3) is 0 Å². The molecule has 0 spiro atoms. The minimum absolute atomic E-state index is 0.0836. The summed E-state index contributed by atoms with van der Waals surface area (Å²) < 4.78 is 0. The van der Waals surface area contributed by atoms with Crippen molar-refractivity contribution in [1.29, 1.82) is 0 Å². The molecule has 6 aromatic rings. The number of phenols is 8. The monoisotopic (exact) mass is 684 g/mol. The van der Waals surface area contributed by atoms with Gasteiger partial charge in [0, 0.05) is 63.3 Å². The Kier molecular flexibility index (Phi) is 8.96. The molecule has 0 unspecified atom stereocenters. The zero-order valence-electron chi connectivity index (χ0n) is 28.4. The van der Waals surface area contributed by atoms with Crippen LogP contribution in [0.3, 0.4) is 0 Å². The molecule has 0 aromatic heterocycles. The molecule has 0 fully saturated rings. The maximum absolute atomic E-state index is 11.0. The van der Waals surface area contributed by atoms with Crippen LogP contribution in [0.1, 0.15) is 71.2 Å². The highest BCUT2D eigenvalue weighted by molar-refractivity contribution is 5.60. The minimum Gasteiger partial charge on any atom is -0.508 e. The Hall–Kier alpha value is -6.28. The molecular formula is C43H40O8. The van der Waals surface area contributed by atoms with E-state index >= 15 is 0 Å². The third-order valence-corrected chi connectivity index (χ3v) is 10.1. The summed E-state index contributed by atoms with van der Waals surface area (Å²) in [7, 11) is 0. The lowest BCUT2D eigenvalue weighted by Gasteiger charge is -2.34. The predicted molar refractivity (Wildman–Crippen MR) is 195 cm³/mol. The van der Waals surface area contributed by atoms with Crippen LogP contribution in [0, 0.1) is 0 Å². The average Bonchev–Trinajstić information content (AvgIpc) is 3.07. The summed E-state index contributed by atoms with van der Waals surface area (Å²) in [6, 6.07) is 33.4. The molecule has 0 atom stereocenters. The van der Waals surface area contributed by atoms with Crippen LogP contribution in [0.25, 0.3) is 0 Å². The molecule has 0 radical (unpaired) electrons. The quantitative estimate of drug-likeness (QED) is 0.0705. The lowest BCUT2D eigenvalue weighted by molar-refractivity contribution is 0.427. The van der Waals surface area contributed by atoms with Crippen LogP contribution in [0.4, 0.5) is 0 Å². The van der Waals surface area contributed by atoms with Crippen molar-refractivity contribution in [3.05, 3.63) is 166 Å². The highest BCUT2D eigenvalue weighted by Crippen LogP contribution is 2.48. The van der Waals surface area contributed by atoms with Crippen molar-refractivity contribution in [2.24, 2.45) is 0 Å². The van der Waals surface area contributed by atoms with Gasteiger partial charge in [0.2, 0.25) is 0 Å². The Morgan fingerprint density at radius 1 is 0.431 bits per heavy atom. The summed E-state index contributed by atoms with van der Waals surface area (Å²) in [5.41, 5.74) is 4.03. The second kappa shape index (κ2) is 13.2. The Bertz CT molecular complexity index is 2120. The van der Waals surface area contributed by atoms with E-state index in [1.54, 1.807) is 24.3 Å². The van der Waals surface area contributed by atoms with Crippen molar-refractivity contribution in [1.82, 2.24) is 0 Å². The summed E-state index contributed by atoms with van der Waals surface area (Å²) >= 11 is 0. The van der Waals surface area contributed by atoms with Gasteiger partial charge in [0.15, 0.2) is 0 Å². The fourth-order valence-corrected chi connectivity index (χ4v) is 7.09. The van der Waals surface area contributed by atoms with Gasteiger partial charge in [-0.2, -0.15) is 0 Å². The van der Waals surface area contributed by atoms with Crippen LogP contribution in [-0.4, -0.2) is 40.9 Å². The molecule has 0 amide bonds. The maximum atomic E-state index is 11.0. The van der Waals surface area contributed by atoms with Gasteiger partial charge in [-0.25, -0.2) is 0 Å². The Balaban J connectivity index is 1.38. The second-order valence-corrected chi connectivity index (χ2v) is 13.7. The topological polar surface area (TPSA) is 162 Å². The fourth-order valence-electron chi connectivity index (χ4n) is 7.09. The van der Waals surface area contributed by atoms with Gasteiger partial charge in [-0.05, 0) is 59.9 Å². The summed E-state index contributed by atoms with van der Waals surface area (Å²) in [4.78, 5) is 0. The van der Waals surface area contributed by atoms with E-state index in [1.807, 2.05) is 49.4 Å². The van der Waals surface area contributed by atoms with Crippen LogP contribution in [0.15, 0.2) is 121 Å². The van der Waals surface area contributed by atoms with Crippen LogP contribution >= 0.6 is 0 Å².